The molecular weight excluding hydrogens is 246 g/mol. The van der Waals surface area contributed by atoms with Crippen LogP contribution in [-0.2, 0) is 0 Å². The molecule has 0 aliphatic heterocycles. The quantitative estimate of drug-likeness (QED) is 0.887. The van der Waals surface area contributed by atoms with Crippen LogP contribution in [0.3, 0.4) is 0 Å². The number of rotatable bonds is 5. The third-order valence-corrected chi connectivity index (χ3v) is 4.11. The van der Waals surface area contributed by atoms with Gasteiger partial charge in [0.25, 0.3) is 0 Å². The van der Waals surface area contributed by atoms with Gasteiger partial charge in [0.15, 0.2) is 0 Å². The van der Waals surface area contributed by atoms with Crippen LogP contribution in [0, 0.1) is 0 Å². The molecule has 0 spiro atoms. The van der Waals surface area contributed by atoms with E-state index in [1.165, 1.54) is 30.4 Å². The lowest BCUT2D eigenvalue weighted by molar-refractivity contribution is 0.288. The number of hydrogen-bond acceptors (Lipinski definition) is 2. The highest BCUT2D eigenvalue weighted by Gasteiger charge is 2.23. The van der Waals surface area contributed by atoms with E-state index in [1.807, 2.05) is 30.3 Å². The summed E-state index contributed by atoms with van der Waals surface area (Å²) in [6, 6.07) is 18.3. The summed E-state index contributed by atoms with van der Waals surface area (Å²) in [5.74, 6) is 1.58. The van der Waals surface area contributed by atoms with Crippen molar-refractivity contribution in [1.29, 1.82) is 0 Å². The van der Waals surface area contributed by atoms with Gasteiger partial charge in [-0.2, -0.15) is 0 Å². The molecule has 3 rings (SSSR count). The smallest absolute Gasteiger partial charge is 0.119 e. The Bertz CT molecular complexity index is 548. The summed E-state index contributed by atoms with van der Waals surface area (Å²) in [7, 11) is 0. The van der Waals surface area contributed by atoms with E-state index in [0.717, 1.165) is 5.75 Å². The van der Waals surface area contributed by atoms with Crippen LogP contribution in [0.1, 0.15) is 42.3 Å². The van der Waals surface area contributed by atoms with Crippen molar-refractivity contribution in [1.82, 2.24) is 0 Å². The van der Waals surface area contributed by atoms with E-state index in [2.05, 4.69) is 24.3 Å². The van der Waals surface area contributed by atoms with Crippen molar-refractivity contribution in [2.45, 2.75) is 31.2 Å². The minimum absolute atomic E-state index is 0.0630. The SMILES string of the molecule is NC(COc1ccccc1)c1ccccc1C1CCC1. The molecule has 20 heavy (non-hydrogen) atoms. The maximum atomic E-state index is 6.34. The molecular formula is C18H21NO. The third kappa shape index (κ3) is 2.86. The van der Waals surface area contributed by atoms with Crippen LogP contribution in [-0.4, -0.2) is 6.61 Å². The van der Waals surface area contributed by atoms with Gasteiger partial charge in [-0.25, -0.2) is 0 Å². The molecule has 2 heteroatoms. The fourth-order valence-electron chi connectivity index (χ4n) is 2.73. The number of hydrogen-bond donors (Lipinski definition) is 1. The number of nitrogens with two attached hydrogens (primary N) is 1. The van der Waals surface area contributed by atoms with Crippen molar-refractivity contribution in [2.75, 3.05) is 6.61 Å². The first kappa shape index (κ1) is 13.2. The largest absolute Gasteiger partial charge is 0.492 e. The van der Waals surface area contributed by atoms with Crippen molar-refractivity contribution in [2.24, 2.45) is 5.73 Å². The van der Waals surface area contributed by atoms with E-state index < -0.39 is 0 Å². The van der Waals surface area contributed by atoms with Gasteiger partial charge in [-0.3, -0.25) is 0 Å². The van der Waals surface area contributed by atoms with Gasteiger partial charge in [-0.15, -0.1) is 0 Å². The molecule has 2 N–H and O–H groups in total. The molecule has 1 aliphatic rings. The van der Waals surface area contributed by atoms with Gasteiger partial charge in [-0.05, 0) is 42.0 Å². The highest BCUT2D eigenvalue weighted by Crippen LogP contribution is 2.39. The second kappa shape index (κ2) is 6.10. The van der Waals surface area contributed by atoms with Gasteiger partial charge in [0.2, 0.25) is 0 Å². The Hall–Kier alpha value is -1.80. The second-order valence-corrected chi connectivity index (χ2v) is 5.49. The number of para-hydroxylation sites is 1. The van der Waals surface area contributed by atoms with E-state index in [0.29, 0.717) is 12.5 Å². The summed E-state index contributed by atoms with van der Waals surface area (Å²) in [6.07, 6.45) is 3.93. The van der Waals surface area contributed by atoms with Crippen molar-refractivity contribution < 1.29 is 4.74 Å². The molecule has 0 amide bonds. The minimum Gasteiger partial charge on any atom is -0.492 e. The Morgan fingerprint density at radius 3 is 2.40 bits per heavy atom. The molecule has 1 atom stereocenters. The molecule has 0 heterocycles. The predicted octanol–water partition coefficient (Wildman–Crippen LogP) is 4.03. The summed E-state index contributed by atoms with van der Waals surface area (Å²) < 4.78 is 5.78. The zero-order chi connectivity index (χ0) is 13.8. The van der Waals surface area contributed by atoms with Gasteiger partial charge in [0.05, 0.1) is 6.04 Å². The highest BCUT2D eigenvalue weighted by molar-refractivity contribution is 5.34. The first-order valence-corrected chi connectivity index (χ1v) is 7.37. The van der Waals surface area contributed by atoms with Crippen LogP contribution >= 0.6 is 0 Å². The van der Waals surface area contributed by atoms with Crippen molar-refractivity contribution in [3.05, 3.63) is 65.7 Å². The molecule has 2 nitrogen and oxygen atoms in total. The first-order valence-electron chi connectivity index (χ1n) is 7.37. The topological polar surface area (TPSA) is 35.2 Å². The summed E-state index contributed by atoms with van der Waals surface area (Å²) in [5.41, 5.74) is 9.00. The van der Waals surface area contributed by atoms with Gasteiger partial charge in [0, 0.05) is 0 Å². The van der Waals surface area contributed by atoms with Crippen LogP contribution in [0.2, 0.25) is 0 Å². The van der Waals surface area contributed by atoms with E-state index >= 15 is 0 Å². The Kier molecular flexibility index (Phi) is 4.03. The molecule has 0 aromatic heterocycles. The van der Waals surface area contributed by atoms with E-state index in [1.54, 1.807) is 0 Å². The monoisotopic (exact) mass is 267 g/mol. The maximum Gasteiger partial charge on any atom is 0.119 e. The Morgan fingerprint density at radius 2 is 1.70 bits per heavy atom. The van der Waals surface area contributed by atoms with Crippen LogP contribution < -0.4 is 10.5 Å². The Labute approximate surface area is 120 Å². The fourth-order valence-corrected chi connectivity index (χ4v) is 2.73. The molecule has 1 saturated carbocycles. The van der Waals surface area contributed by atoms with E-state index in [9.17, 15) is 0 Å². The molecule has 1 aliphatic carbocycles. The molecule has 1 unspecified atom stereocenters. The number of benzene rings is 2. The summed E-state index contributed by atoms with van der Waals surface area (Å²) >= 11 is 0. The second-order valence-electron chi connectivity index (χ2n) is 5.49. The average Bonchev–Trinajstić information content (AvgIpc) is 2.45. The lowest BCUT2D eigenvalue weighted by atomic mass is 9.77. The molecule has 0 saturated heterocycles. The third-order valence-electron chi connectivity index (χ3n) is 4.11. The van der Waals surface area contributed by atoms with Gasteiger partial charge in [0.1, 0.15) is 12.4 Å². The fraction of sp³-hybridized carbons (Fsp3) is 0.333. The summed E-state index contributed by atoms with van der Waals surface area (Å²) in [6.45, 7) is 0.522. The zero-order valence-corrected chi connectivity index (χ0v) is 11.7. The van der Waals surface area contributed by atoms with Crippen molar-refractivity contribution in [3.63, 3.8) is 0 Å². The average molecular weight is 267 g/mol. The van der Waals surface area contributed by atoms with Gasteiger partial charge in [-0.1, -0.05) is 48.9 Å². The molecule has 0 radical (unpaired) electrons. The molecule has 104 valence electrons. The summed E-state index contributed by atoms with van der Waals surface area (Å²) in [4.78, 5) is 0. The Balaban J connectivity index is 1.69. The van der Waals surface area contributed by atoms with Crippen LogP contribution in [0.15, 0.2) is 54.6 Å². The molecule has 2 aromatic rings. The molecule has 1 fully saturated rings. The van der Waals surface area contributed by atoms with Crippen LogP contribution in [0.5, 0.6) is 5.75 Å². The maximum absolute atomic E-state index is 6.34. The number of ether oxygens (including phenoxy) is 1. The zero-order valence-electron chi connectivity index (χ0n) is 11.7. The van der Waals surface area contributed by atoms with Gasteiger partial charge >= 0.3 is 0 Å². The van der Waals surface area contributed by atoms with E-state index in [4.69, 9.17) is 10.5 Å². The predicted molar refractivity (Wildman–Crippen MR) is 81.9 cm³/mol. The lowest BCUT2D eigenvalue weighted by Gasteiger charge is -2.29. The van der Waals surface area contributed by atoms with Crippen molar-refractivity contribution >= 4 is 0 Å². The molecule has 2 aromatic carbocycles. The summed E-state index contributed by atoms with van der Waals surface area (Å²) in [5, 5.41) is 0. The Morgan fingerprint density at radius 1 is 1.00 bits per heavy atom. The highest BCUT2D eigenvalue weighted by atomic mass is 16.5. The van der Waals surface area contributed by atoms with Crippen LogP contribution in [0.25, 0.3) is 0 Å². The van der Waals surface area contributed by atoms with Crippen LogP contribution in [0.4, 0.5) is 0 Å². The first-order chi connectivity index (χ1) is 9.84. The minimum atomic E-state index is -0.0630. The van der Waals surface area contributed by atoms with E-state index in [-0.39, 0.29) is 6.04 Å². The van der Waals surface area contributed by atoms with Crippen molar-refractivity contribution in [3.8, 4) is 5.75 Å². The lowest BCUT2D eigenvalue weighted by Crippen LogP contribution is -2.22. The normalized spacial score (nSPS) is 16.4. The molecule has 0 bridgehead atoms. The van der Waals surface area contributed by atoms with Gasteiger partial charge < -0.3 is 10.5 Å². The standard InChI is InChI=1S/C18H21NO/c19-18(13-20-15-9-2-1-3-10-15)17-12-5-4-11-16(17)14-7-6-8-14/h1-5,9-12,14,18H,6-8,13,19H2.